The second-order valence-electron chi connectivity index (χ2n) is 12.5. The van der Waals surface area contributed by atoms with E-state index >= 15 is 0 Å². The summed E-state index contributed by atoms with van der Waals surface area (Å²) >= 11 is 3.03. The van der Waals surface area contributed by atoms with Gasteiger partial charge in [0, 0.05) is 34.2 Å². The minimum atomic E-state index is -3.30. The molecule has 0 spiro atoms. The van der Waals surface area contributed by atoms with Crippen molar-refractivity contribution >= 4 is 42.4 Å². The molecule has 47 heavy (non-hydrogen) atoms. The van der Waals surface area contributed by atoms with E-state index in [1.807, 2.05) is 75.6 Å². The lowest BCUT2D eigenvalue weighted by molar-refractivity contribution is -0.147. The van der Waals surface area contributed by atoms with E-state index in [1.54, 1.807) is 24.9 Å². The minimum Gasteiger partial charge on any atom is -0.469 e. The van der Waals surface area contributed by atoms with Crippen LogP contribution < -0.4 is 9.61 Å². The highest BCUT2D eigenvalue weighted by molar-refractivity contribution is 8.14. The summed E-state index contributed by atoms with van der Waals surface area (Å²) in [5.74, 6) is 1.95. The number of carbonyl (C=O) groups is 2. The molecule has 0 radical (unpaired) electrons. The summed E-state index contributed by atoms with van der Waals surface area (Å²) < 4.78 is 34.5. The van der Waals surface area contributed by atoms with Crippen LogP contribution in [0.4, 0.5) is 0 Å². The molecule has 2 fully saturated rings. The maximum absolute atomic E-state index is 12.6. The van der Waals surface area contributed by atoms with Crippen molar-refractivity contribution in [3.8, 4) is 5.75 Å². The Morgan fingerprint density at radius 3 is 2.53 bits per heavy atom. The molecule has 2 aromatic carbocycles. The fourth-order valence-corrected chi connectivity index (χ4v) is 8.51. The van der Waals surface area contributed by atoms with Crippen molar-refractivity contribution in [2.24, 2.45) is 17.3 Å². The molecule has 0 amide bonds. The Bertz CT molecular complexity index is 1600. The zero-order valence-electron chi connectivity index (χ0n) is 28.2. The molecule has 0 bridgehead atoms. The smallest absolute Gasteiger partial charge is 0.458 e. The fourth-order valence-electron chi connectivity index (χ4n) is 5.51. The Morgan fingerprint density at radius 2 is 1.91 bits per heavy atom. The van der Waals surface area contributed by atoms with Gasteiger partial charge in [0.25, 0.3) is 0 Å². The first-order valence-corrected chi connectivity index (χ1v) is 19.6. The van der Waals surface area contributed by atoms with Crippen LogP contribution in [0.5, 0.6) is 5.75 Å². The van der Waals surface area contributed by atoms with Crippen LogP contribution in [0.3, 0.4) is 0 Å². The van der Waals surface area contributed by atoms with Gasteiger partial charge >= 0.3 is 13.7 Å². The largest absolute Gasteiger partial charge is 0.469 e. The Labute approximate surface area is 287 Å². The van der Waals surface area contributed by atoms with Gasteiger partial charge in [-0.2, -0.15) is 0 Å². The van der Waals surface area contributed by atoms with Crippen molar-refractivity contribution in [2.45, 2.75) is 71.9 Å². The predicted molar refractivity (Wildman–Crippen MR) is 190 cm³/mol. The van der Waals surface area contributed by atoms with E-state index in [0.717, 1.165) is 34.6 Å². The van der Waals surface area contributed by atoms with Gasteiger partial charge in [-0.25, -0.2) is 9.65 Å². The first-order valence-electron chi connectivity index (χ1n) is 15.9. The number of allylic oxidation sites excluding steroid dienone is 1. The number of nitrogens with one attached hydrogen (secondary N) is 1. The van der Waals surface area contributed by atoms with Gasteiger partial charge in [0.2, 0.25) is 5.12 Å². The lowest BCUT2D eigenvalue weighted by atomic mass is 10.1. The van der Waals surface area contributed by atoms with E-state index in [1.165, 1.54) is 22.2 Å². The normalized spacial score (nSPS) is 20.4. The summed E-state index contributed by atoms with van der Waals surface area (Å²) in [4.78, 5) is 25.6. The summed E-state index contributed by atoms with van der Waals surface area (Å²) in [6, 6.07) is 17.7. The van der Waals surface area contributed by atoms with Crippen molar-refractivity contribution < 1.29 is 32.4 Å². The number of hydrogen-bond donors (Lipinski definition) is 1. The van der Waals surface area contributed by atoms with Crippen molar-refractivity contribution in [2.75, 3.05) is 18.6 Å². The van der Waals surface area contributed by atoms with Gasteiger partial charge in [0.1, 0.15) is 18.1 Å². The number of rotatable bonds is 13. The Balaban J connectivity index is 0.000000231. The van der Waals surface area contributed by atoms with Crippen LogP contribution in [0.25, 0.3) is 0 Å². The van der Waals surface area contributed by atoms with E-state index in [2.05, 4.69) is 31.1 Å². The number of furan rings is 1. The quantitative estimate of drug-likeness (QED) is 0.0805. The molecule has 3 atom stereocenters. The predicted octanol–water partition coefficient (Wildman–Crippen LogP) is 9.01. The van der Waals surface area contributed by atoms with Crippen LogP contribution in [-0.2, 0) is 36.4 Å². The molecule has 11 heteroatoms. The summed E-state index contributed by atoms with van der Waals surface area (Å²) in [5, 5.41) is 3.01. The Morgan fingerprint density at radius 1 is 1.17 bits per heavy atom. The molecule has 1 aromatic heterocycles. The number of hydrogen-bond acceptors (Lipinski definition) is 9. The van der Waals surface area contributed by atoms with Crippen LogP contribution in [0.1, 0.15) is 63.5 Å². The van der Waals surface area contributed by atoms with Crippen LogP contribution >= 0.6 is 31.3 Å². The molecular weight excluding hydrogens is 654 g/mol. The Hall–Kier alpha value is -2.75. The van der Waals surface area contributed by atoms with Gasteiger partial charge in [-0.3, -0.25) is 14.1 Å². The minimum absolute atomic E-state index is 0.0175. The molecule has 1 aliphatic carbocycles. The van der Waals surface area contributed by atoms with Gasteiger partial charge in [-0.05, 0) is 87.1 Å². The molecule has 2 aliphatic rings. The molecule has 1 N–H and O–H groups in total. The van der Waals surface area contributed by atoms with E-state index in [9.17, 15) is 14.2 Å². The third kappa shape index (κ3) is 10.4. The highest BCUT2D eigenvalue weighted by Crippen LogP contribution is 2.60. The van der Waals surface area contributed by atoms with Crippen LogP contribution in [0.15, 0.2) is 81.8 Å². The number of aryl methyl sites for hydroxylation is 1. The molecular formula is C36H46NO7PS2. The first-order chi connectivity index (χ1) is 22.3. The monoisotopic (exact) mass is 699 g/mol. The van der Waals surface area contributed by atoms with Gasteiger partial charge in [-0.15, -0.1) is 11.8 Å². The van der Waals surface area contributed by atoms with Crippen LogP contribution in [-0.4, -0.2) is 35.7 Å². The van der Waals surface area contributed by atoms with Crippen LogP contribution in [0, 0.1) is 24.2 Å². The standard InChI is InChI=1S/C23H24O4S.C13H22NO3PS/c1-23(2)19(12-17-8-9-28-22(17)25)20(23)21(24)27-14-16-11-18(26-13-16)10-15-6-4-3-5-7-15;1-6-16-18(15,14-10(2)3)17-12-7-8-13(19-5)11(4)9-12/h3-7,11-13,19-20H,8-10,14H2,1-2H3;7-10H,6H2,1-5H3,(H,14,15)/b17-12+;/t19-,20-;/m1./s1. The molecule has 2 heterocycles. The maximum atomic E-state index is 12.6. The Kier molecular flexibility index (Phi) is 13.1. The SMILES string of the molecule is CC1(C)[C@H](/C=C2\CCSC2=O)[C@@H]1C(=O)OCc1coc(Cc2ccccc2)c1.CCOP(=O)(NC(C)C)Oc1ccc(SC)c(C)c1. The summed E-state index contributed by atoms with van der Waals surface area (Å²) in [5.41, 5.74) is 3.83. The number of esters is 1. The third-order valence-corrected chi connectivity index (χ3v) is 11.7. The van der Waals surface area contributed by atoms with Gasteiger partial charge in [0.05, 0.1) is 18.8 Å². The lowest BCUT2D eigenvalue weighted by Crippen LogP contribution is -2.23. The molecule has 1 saturated carbocycles. The molecule has 3 aromatic rings. The third-order valence-electron chi connectivity index (χ3n) is 8.03. The van der Waals surface area contributed by atoms with E-state index in [-0.39, 0.29) is 41.0 Å². The molecule has 1 unspecified atom stereocenters. The second kappa shape index (κ2) is 16.6. The number of ether oxygens (including phenoxy) is 1. The molecule has 1 saturated heterocycles. The first kappa shape index (κ1) is 37.1. The van der Waals surface area contributed by atoms with E-state index in [0.29, 0.717) is 18.8 Å². The molecule has 1 aliphatic heterocycles. The summed E-state index contributed by atoms with van der Waals surface area (Å²) in [6.07, 6.45) is 7.19. The van der Waals surface area contributed by atoms with Crippen molar-refractivity contribution in [1.82, 2.24) is 5.09 Å². The zero-order chi connectivity index (χ0) is 34.2. The van der Waals surface area contributed by atoms with Crippen molar-refractivity contribution in [3.63, 3.8) is 0 Å². The topological polar surface area (TPSA) is 104 Å². The highest BCUT2D eigenvalue weighted by Gasteiger charge is 2.61. The average Bonchev–Trinajstić information content (AvgIpc) is 3.32. The van der Waals surface area contributed by atoms with Gasteiger partial charge in [-0.1, -0.05) is 62.0 Å². The zero-order valence-corrected chi connectivity index (χ0v) is 30.8. The lowest BCUT2D eigenvalue weighted by Gasteiger charge is -2.21. The second-order valence-corrected chi connectivity index (χ2v) is 16.1. The van der Waals surface area contributed by atoms with Crippen LogP contribution in [0.2, 0.25) is 0 Å². The number of benzene rings is 2. The maximum Gasteiger partial charge on any atom is 0.458 e. The van der Waals surface area contributed by atoms with E-state index < -0.39 is 7.75 Å². The summed E-state index contributed by atoms with van der Waals surface area (Å²) in [6.45, 7) is 12.3. The van der Waals surface area contributed by atoms with Crippen molar-refractivity contribution in [1.29, 1.82) is 0 Å². The van der Waals surface area contributed by atoms with E-state index in [4.69, 9.17) is 18.2 Å². The molecule has 254 valence electrons. The van der Waals surface area contributed by atoms with Crippen molar-refractivity contribution in [3.05, 3.63) is 95.0 Å². The molecule has 5 rings (SSSR count). The summed E-state index contributed by atoms with van der Waals surface area (Å²) in [7, 11) is -3.30. The fraction of sp³-hybridized carbons (Fsp3) is 0.444. The van der Waals surface area contributed by atoms with Gasteiger partial charge < -0.3 is 13.7 Å². The highest BCUT2D eigenvalue weighted by atomic mass is 32.2. The average molecular weight is 700 g/mol. The number of thioether (sulfide) groups is 2. The molecule has 8 nitrogen and oxygen atoms in total. The number of carbonyl (C=O) groups excluding carboxylic acids is 2. The van der Waals surface area contributed by atoms with Gasteiger partial charge in [0.15, 0.2) is 0 Å².